The van der Waals surface area contributed by atoms with Crippen molar-refractivity contribution in [2.24, 2.45) is 5.92 Å². The van der Waals surface area contributed by atoms with Crippen molar-refractivity contribution in [1.29, 1.82) is 0 Å². The van der Waals surface area contributed by atoms with E-state index in [0.29, 0.717) is 25.3 Å². The highest BCUT2D eigenvalue weighted by Gasteiger charge is 2.34. The first kappa shape index (κ1) is 21.0. The van der Waals surface area contributed by atoms with Gasteiger partial charge in [-0.05, 0) is 54.3 Å². The lowest BCUT2D eigenvalue weighted by Gasteiger charge is -2.38. The molecule has 0 N–H and O–H groups in total. The molecule has 0 radical (unpaired) electrons. The Balaban J connectivity index is 1.29. The Morgan fingerprint density at radius 3 is 2.56 bits per heavy atom. The molecule has 3 aromatic carbocycles. The molecule has 2 heterocycles. The van der Waals surface area contributed by atoms with Crippen molar-refractivity contribution in [3.05, 3.63) is 88.2 Å². The van der Waals surface area contributed by atoms with Crippen LogP contribution in [0.3, 0.4) is 0 Å². The van der Waals surface area contributed by atoms with Crippen LogP contribution in [0.5, 0.6) is 23.0 Å². The van der Waals surface area contributed by atoms with Crippen molar-refractivity contribution in [3.8, 4) is 23.0 Å². The number of benzene rings is 3. The smallest absolute Gasteiger partial charge is 0.415 e. The highest BCUT2D eigenvalue weighted by Crippen LogP contribution is 2.37. The fourth-order valence-electron chi connectivity index (χ4n) is 4.37. The van der Waals surface area contributed by atoms with Gasteiger partial charge in [-0.1, -0.05) is 12.1 Å². The Bertz CT molecular complexity index is 1340. The summed E-state index contributed by atoms with van der Waals surface area (Å²) in [5.41, 5.74) is 0.809. The zero-order valence-electron chi connectivity index (χ0n) is 21.0. The van der Waals surface area contributed by atoms with E-state index in [2.05, 4.69) is 0 Å². The first-order valence-corrected chi connectivity index (χ1v) is 11.3. The predicted octanol–water partition coefficient (Wildman–Crippen LogP) is 5.15. The summed E-state index contributed by atoms with van der Waals surface area (Å²) in [5, 5.41) is 10.9. The molecular formula is C26H23FN2O7. The standard InChI is InChI=1S/C26H23FN2O7/c27-19-3-1-17(2-4-19)23-11-12-28(26(30)36-21-7-5-20(6-8-21)29(31)32)14-18(23)15-33-22-9-10-24-25(13-22)35-16-34-24/h1-10,13,18,23H,11-12,14-16H2/t18-,23-/m0/s1/i16D2. The summed E-state index contributed by atoms with van der Waals surface area (Å²) in [7, 11) is 0. The van der Waals surface area contributed by atoms with E-state index in [9.17, 15) is 19.3 Å². The number of amides is 1. The summed E-state index contributed by atoms with van der Waals surface area (Å²) in [6.07, 6.45) is -0.0113. The van der Waals surface area contributed by atoms with E-state index in [1.54, 1.807) is 29.2 Å². The molecule has 1 fully saturated rings. The first-order chi connectivity index (χ1) is 18.2. The van der Waals surface area contributed by atoms with Gasteiger partial charge in [0.15, 0.2) is 11.5 Å². The molecular weight excluding hydrogens is 471 g/mol. The third-order valence-corrected chi connectivity index (χ3v) is 6.23. The number of halogens is 1. The molecule has 2 aliphatic heterocycles. The number of hydrogen-bond acceptors (Lipinski definition) is 7. The maximum atomic E-state index is 13.5. The minimum Gasteiger partial charge on any atom is -0.493 e. The Labute approximate surface area is 208 Å². The van der Waals surface area contributed by atoms with Gasteiger partial charge in [-0.15, -0.1) is 0 Å². The second kappa shape index (κ2) is 10.1. The number of non-ortho nitro benzene ring substituents is 1. The second-order valence-corrected chi connectivity index (χ2v) is 8.48. The van der Waals surface area contributed by atoms with Crippen LogP contribution < -0.4 is 18.9 Å². The first-order valence-electron chi connectivity index (χ1n) is 12.3. The Kier molecular flexibility index (Phi) is 5.89. The number of carbonyl (C=O) groups is 1. The normalized spacial score (nSPS) is 20.8. The van der Waals surface area contributed by atoms with Crippen LogP contribution in [-0.2, 0) is 0 Å². The van der Waals surface area contributed by atoms with Gasteiger partial charge >= 0.3 is 6.09 Å². The lowest BCUT2D eigenvalue weighted by molar-refractivity contribution is -0.384. The number of nitro benzene ring substituents is 1. The number of ether oxygens (including phenoxy) is 4. The second-order valence-electron chi connectivity index (χ2n) is 8.48. The number of fused-ring (bicyclic) bond motifs is 1. The van der Waals surface area contributed by atoms with E-state index >= 15 is 0 Å². The molecule has 0 bridgehead atoms. The lowest BCUT2D eigenvalue weighted by atomic mass is 9.81. The van der Waals surface area contributed by atoms with Crippen LogP contribution in [-0.4, -0.2) is 42.4 Å². The average Bonchev–Trinajstić information content (AvgIpc) is 3.21. The van der Waals surface area contributed by atoms with Crippen molar-refractivity contribution >= 4 is 11.8 Å². The van der Waals surface area contributed by atoms with Gasteiger partial charge in [0.05, 0.1) is 11.5 Å². The van der Waals surface area contributed by atoms with Crippen LogP contribution >= 0.6 is 0 Å². The zero-order chi connectivity index (χ0) is 26.9. The number of nitro groups is 1. The van der Waals surface area contributed by atoms with E-state index in [1.807, 2.05) is 0 Å². The van der Waals surface area contributed by atoms with Crippen LogP contribution in [0.4, 0.5) is 14.9 Å². The van der Waals surface area contributed by atoms with E-state index in [1.165, 1.54) is 42.5 Å². The van der Waals surface area contributed by atoms with Gasteiger partial charge in [-0.2, -0.15) is 0 Å². The Hall–Kier alpha value is -4.34. The third kappa shape index (κ3) is 5.17. The monoisotopic (exact) mass is 496 g/mol. The van der Waals surface area contributed by atoms with Crippen LogP contribution in [0.2, 0.25) is 0 Å². The summed E-state index contributed by atoms with van der Waals surface area (Å²) in [6.45, 7) is -1.36. The summed E-state index contributed by atoms with van der Waals surface area (Å²) in [6, 6.07) is 16.2. The summed E-state index contributed by atoms with van der Waals surface area (Å²) in [5.74, 6) is 0.565. The van der Waals surface area contributed by atoms with Crippen molar-refractivity contribution in [1.82, 2.24) is 4.90 Å². The summed E-state index contributed by atoms with van der Waals surface area (Å²) in [4.78, 5) is 24.8. The van der Waals surface area contributed by atoms with Gasteiger partial charge in [0, 0.05) is 37.2 Å². The van der Waals surface area contributed by atoms with Crippen LogP contribution in [0.1, 0.15) is 20.6 Å². The Morgan fingerprint density at radius 2 is 1.81 bits per heavy atom. The van der Waals surface area contributed by atoms with Crippen LogP contribution in [0.25, 0.3) is 0 Å². The van der Waals surface area contributed by atoms with Crippen molar-refractivity contribution < 1.29 is 35.8 Å². The van der Waals surface area contributed by atoms with Gasteiger partial charge in [-0.25, -0.2) is 9.18 Å². The highest BCUT2D eigenvalue weighted by molar-refractivity contribution is 5.71. The molecule has 1 saturated heterocycles. The van der Waals surface area contributed by atoms with Gasteiger partial charge in [0.1, 0.15) is 20.1 Å². The maximum absolute atomic E-state index is 13.5. The molecule has 36 heavy (non-hydrogen) atoms. The molecule has 0 aromatic heterocycles. The quantitative estimate of drug-likeness (QED) is 0.344. The molecule has 5 rings (SSSR count). The van der Waals surface area contributed by atoms with Crippen molar-refractivity contribution in [2.75, 3.05) is 26.4 Å². The number of likely N-dealkylation sites (tertiary alicyclic amines) is 1. The minimum atomic E-state index is -2.25. The molecule has 0 saturated carbocycles. The van der Waals surface area contributed by atoms with Crippen LogP contribution in [0.15, 0.2) is 66.7 Å². The molecule has 3 aromatic rings. The summed E-state index contributed by atoms with van der Waals surface area (Å²) < 4.78 is 50.4. The van der Waals surface area contributed by atoms with E-state index < -0.39 is 17.8 Å². The molecule has 0 spiro atoms. The topological polar surface area (TPSA) is 100 Å². The van der Waals surface area contributed by atoms with Gasteiger partial charge in [0.2, 0.25) is 6.75 Å². The SMILES string of the molecule is [2H]C1([2H])Oc2ccc(OC[C@@H]3CN(C(=O)Oc4ccc([N+](=O)[O-])cc4)CC[C@H]3c3ccc(F)cc3)cc2O1. The number of rotatable bonds is 6. The highest BCUT2D eigenvalue weighted by atomic mass is 19.1. The predicted molar refractivity (Wildman–Crippen MR) is 126 cm³/mol. The minimum absolute atomic E-state index is 0.0258. The fraction of sp³-hybridized carbons (Fsp3) is 0.269. The number of piperidine rings is 1. The largest absolute Gasteiger partial charge is 0.493 e. The molecule has 1 amide bonds. The molecule has 10 heteroatoms. The Morgan fingerprint density at radius 1 is 1.08 bits per heavy atom. The molecule has 2 aliphatic rings. The van der Waals surface area contributed by atoms with E-state index in [-0.39, 0.29) is 47.2 Å². The van der Waals surface area contributed by atoms with E-state index in [4.69, 9.17) is 21.7 Å². The fourth-order valence-corrected chi connectivity index (χ4v) is 4.37. The number of carbonyl (C=O) groups excluding carboxylic acids is 1. The van der Waals surface area contributed by atoms with Crippen molar-refractivity contribution in [3.63, 3.8) is 0 Å². The molecule has 0 unspecified atom stereocenters. The average molecular weight is 496 g/mol. The van der Waals surface area contributed by atoms with Crippen molar-refractivity contribution in [2.45, 2.75) is 12.3 Å². The molecule has 9 nitrogen and oxygen atoms in total. The molecule has 186 valence electrons. The van der Waals surface area contributed by atoms with Crippen LogP contribution in [0, 0.1) is 21.8 Å². The molecule has 2 atom stereocenters. The number of nitrogens with zero attached hydrogens (tertiary/aromatic N) is 2. The third-order valence-electron chi connectivity index (χ3n) is 6.23. The summed E-state index contributed by atoms with van der Waals surface area (Å²) >= 11 is 0. The van der Waals surface area contributed by atoms with E-state index in [0.717, 1.165) is 5.56 Å². The number of hydrogen-bond donors (Lipinski definition) is 0. The van der Waals surface area contributed by atoms with Gasteiger partial charge in [0.25, 0.3) is 5.69 Å². The van der Waals surface area contributed by atoms with Gasteiger partial charge in [-0.3, -0.25) is 10.1 Å². The van der Waals surface area contributed by atoms with Gasteiger partial charge < -0.3 is 23.8 Å². The molecule has 0 aliphatic carbocycles. The maximum Gasteiger partial charge on any atom is 0.415 e. The lowest BCUT2D eigenvalue weighted by Crippen LogP contribution is -2.46. The zero-order valence-corrected chi connectivity index (χ0v) is 19.0.